The zero-order chi connectivity index (χ0) is 27.9. The van der Waals surface area contributed by atoms with Crippen LogP contribution in [-0.4, -0.2) is 19.9 Å². The summed E-state index contributed by atoms with van der Waals surface area (Å²) in [6.45, 7) is 3.95. The third-order valence-electron chi connectivity index (χ3n) is 6.42. The minimum absolute atomic E-state index is 0.726. The maximum Gasteiger partial charge on any atom is 0.116 e. The highest BCUT2D eigenvalue weighted by Gasteiger charge is 2.23. The van der Waals surface area contributed by atoms with Crippen LogP contribution in [0.15, 0.2) is 134 Å². The van der Waals surface area contributed by atoms with Gasteiger partial charge in [-0.05, 0) is 86.9 Å². The second-order valence-corrected chi connectivity index (χ2v) is 8.74. The minimum atomic E-state index is 0.726. The van der Waals surface area contributed by atoms with Crippen molar-refractivity contribution in [3.8, 4) is 0 Å². The Bertz CT molecular complexity index is 1610. The quantitative estimate of drug-likeness (QED) is 0.172. The second kappa shape index (κ2) is 11.9. The third kappa shape index (κ3) is 4.98. The van der Waals surface area contributed by atoms with Gasteiger partial charge >= 0.3 is 0 Å². The summed E-state index contributed by atoms with van der Waals surface area (Å²) in [6, 6.07) is 19.8. The number of aromatic nitrogens is 4. The molecule has 0 atom stereocenters. The minimum Gasteiger partial charge on any atom is -0.405 e. The molecule has 8 heteroatoms. The van der Waals surface area contributed by atoms with Crippen LogP contribution in [0.5, 0.6) is 0 Å². The smallest absolute Gasteiger partial charge is 0.116 e. The molecule has 3 aromatic heterocycles. The van der Waals surface area contributed by atoms with Gasteiger partial charge in [-0.1, -0.05) is 24.3 Å². The van der Waals surface area contributed by atoms with E-state index in [4.69, 9.17) is 21.4 Å². The molecule has 0 bridgehead atoms. The van der Waals surface area contributed by atoms with Crippen LogP contribution in [0.25, 0.3) is 22.1 Å². The largest absolute Gasteiger partial charge is 0.405 e. The number of nitrogens with two attached hydrogens (primary N) is 2. The van der Waals surface area contributed by atoms with E-state index in [0.717, 1.165) is 56.2 Å². The van der Waals surface area contributed by atoms with Crippen molar-refractivity contribution < 1.29 is 0 Å². The summed E-state index contributed by atoms with van der Waals surface area (Å²) in [5.41, 5.74) is 20.1. The van der Waals surface area contributed by atoms with E-state index in [-0.39, 0.29) is 0 Å². The molecule has 2 aromatic carbocycles. The Labute approximate surface area is 233 Å². The van der Waals surface area contributed by atoms with Crippen molar-refractivity contribution in [3.05, 3.63) is 134 Å². The van der Waals surface area contributed by atoms with Gasteiger partial charge in [-0.3, -0.25) is 9.97 Å². The van der Waals surface area contributed by atoms with Crippen LogP contribution >= 0.6 is 0 Å². The van der Waals surface area contributed by atoms with Crippen LogP contribution in [0.4, 0.5) is 22.7 Å². The van der Waals surface area contributed by atoms with E-state index in [1.165, 1.54) is 12.4 Å². The highest BCUT2D eigenvalue weighted by atomic mass is 15.2. The van der Waals surface area contributed by atoms with E-state index in [9.17, 15) is 0 Å². The summed E-state index contributed by atoms with van der Waals surface area (Å²) in [5.74, 6) is 0. The van der Waals surface area contributed by atoms with Gasteiger partial charge in [0.25, 0.3) is 0 Å². The predicted octanol–water partition coefficient (Wildman–Crippen LogP) is 6.60. The fraction of sp³-hybridized carbons (Fsp3) is 0.0625. The van der Waals surface area contributed by atoms with Crippen LogP contribution in [0.3, 0.4) is 0 Å². The van der Waals surface area contributed by atoms with Gasteiger partial charge in [0.2, 0.25) is 0 Å². The number of hydrogen-bond donors (Lipinski definition) is 2. The van der Waals surface area contributed by atoms with Gasteiger partial charge in [0.15, 0.2) is 0 Å². The zero-order valence-corrected chi connectivity index (χ0v) is 22.4. The molecule has 198 valence electrons. The molecule has 4 N–H and O–H groups in total. The third-order valence-corrected chi connectivity index (χ3v) is 6.42. The Hall–Kier alpha value is -5.50. The molecular weight excluding hydrogens is 496 g/mol. The van der Waals surface area contributed by atoms with Gasteiger partial charge in [-0.25, -0.2) is 9.97 Å². The summed E-state index contributed by atoms with van der Waals surface area (Å²) >= 11 is 0. The summed E-state index contributed by atoms with van der Waals surface area (Å²) in [6.07, 6.45) is 17.9. The molecule has 0 unspecified atom stereocenters. The van der Waals surface area contributed by atoms with Gasteiger partial charge in [-0.15, -0.1) is 0 Å². The molecule has 40 heavy (non-hydrogen) atoms. The van der Waals surface area contributed by atoms with Gasteiger partial charge in [0, 0.05) is 47.6 Å². The van der Waals surface area contributed by atoms with Crippen molar-refractivity contribution in [3.63, 3.8) is 0 Å². The lowest BCUT2D eigenvalue weighted by Crippen LogP contribution is -2.19. The van der Waals surface area contributed by atoms with Crippen LogP contribution < -0.4 is 21.3 Å². The Balaban J connectivity index is 1.88. The van der Waals surface area contributed by atoms with Crippen molar-refractivity contribution in [2.75, 3.05) is 9.80 Å². The summed E-state index contributed by atoms with van der Waals surface area (Å²) in [7, 11) is 0. The lowest BCUT2D eigenvalue weighted by molar-refractivity contribution is 1.16. The summed E-state index contributed by atoms with van der Waals surface area (Å²) in [5, 5.41) is 0. The van der Waals surface area contributed by atoms with Crippen LogP contribution in [0, 0.1) is 0 Å². The molecule has 0 aliphatic heterocycles. The number of fused-ring (bicyclic) bond motifs is 2. The van der Waals surface area contributed by atoms with E-state index in [0.29, 0.717) is 0 Å². The Morgan fingerprint density at radius 1 is 0.600 bits per heavy atom. The zero-order valence-electron chi connectivity index (χ0n) is 22.4. The van der Waals surface area contributed by atoms with Crippen molar-refractivity contribution in [2.45, 2.75) is 13.8 Å². The number of nitrogens with zero attached hydrogens (tertiary/aromatic N) is 6. The molecule has 0 amide bonds. The highest BCUT2D eigenvalue weighted by Crippen LogP contribution is 2.41. The molecule has 0 aliphatic rings. The van der Waals surface area contributed by atoms with E-state index < -0.39 is 0 Å². The van der Waals surface area contributed by atoms with Gasteiger partial charge in [0.1, 0.15) is 11.0 Å². The molecule has 0 aliphatic carbocycles. The number of para-hydroxylation sites is 2. The van der Waals surface area contributed by atoms with Crippen LogP contribution in [-0.2, 0) is 0 Å². The standard InChI is InChI=1S/C32H30N8/c1-3-23(11-17-33)39(25-13-19-35-20-14-25)29-9-10-30(32-31(29)37-27-7-5-6-8-28(27)38-32)40(24(4-2)12-18-34)26-15-21-36-22-16-26/h3-22H,33-34H2,1-2H3/b17-11-,18-12-,23-3+,24-4+. The molecular formula is C32H30N8. The fourth-order valence-corrected chi connectivity index (χ4v) is 4.67. The van der Waals surface area contributed by atoms with E-state index in [2.05, 4.69) is 31.9 Å². The van der Waals surface area contributed by atoms with Crippen molar-refractivity contribution in [1.29, 1.82) is 0 Å². The maximum absolute atomic E-state index is 5.87. The first kappa shape index (κ1) is 26.1. The molecule has 0 spiro atoms. The van der Waals surface area contributed by atoms with E-state index >= 15 is 0 Å². The molecule has 0 radical (unpaired) electrons. The molecule has 5 aromatic rings. The first-order chi connectivity index (χ1) is 19.7. The lowest BCUT2D eigenvalue weighted by atomic mass is 10.1. The first-order valence-corrected chi connectivity index (χ1v) is 12.9. The average molecular weight is 527 g/mol. The molecule has 0 saturated heterocycles. The van der Waals surface area contributed by atoms with Crippen molar-refractivity contribution in [2.24, 2.45) is 11.5 Å². The van der Waals surface area contributed by atoms with Crippen molar-refractivity contribution in [1.82, 2.24) is 19.9 Å². The topological polar surface area (TPSA) is 110 Å². The number of benzene rings is 2. The van der Waals surface area contributed by atoms with E-state index in [1.807, 2.05) is 86.7 Å². The van der Waals surface area contributed by atoms with Gasteiger partial charge < -0.3 is 21.3 Å². The van der Waals surface area contributed by atoms with Gasteiger partial charge in [0.05, 0.1) is 22.4 Å². The van der Waals surface area contributed by atoms with Crippen molar-refractivity contribution >= 4 is 44.8 Å². The molecule has 0 fully saturated rings. The molecule has 5 rings (SSSR count). The maximum atomic E-state index is 5.87. The number of pyridine rings is 2. The predicted molar refractivity (Wildman–Crippen MR) is 164 cm³/mol. The first-order valence-electron chi connectivity index (χ1n) is 12.9. The molecule has 0 saturated carbocycles. The van der Waals surface area contributed by atoms with Crippen LogP contribution in [0.1, 0.15) is 13.8 Å². The Kier molecular flexibility index (Phi) is 7.78. The molecule has 8 nitrogen and oxygen atoms in total. The Morgan fingerprint density at radius 3 is 1.35 bits per heavy atom. The van der Waals surface area contributed by atoms with Crippen LogP contribution in [0.2, 0.25) is 0 Å². The number of hydrogen-bond acceptors (Lipinski definition) is 8. The fourth-order valence-electron chi connectivity index (χ4n) is 4.67. The number of anilines is 4. The summed E-state index contributed by atoms with van der Waals surface area (Å²) in [4.78, 5) is 23.0. The SMILES string of the molecule is C/C=C(\C=C/N)N(c1ccncc1)c1ccc(N(C(/C=C\N)=C/C)c2ccncc2)c2nc3ccccc3nc12. The summed E-state index contributed by atoms with van der Waals surface area (Å²) < 4.78 is 0. The monoisotopic (exact) mass is 526 g/mol. The lowest BCUT2D eigenvalue weighted by Gasteiger charge is -2.30. The highest BCUT2D eigenvalue weighted by molar-refractivity contribution is 6.04. The number of rotatable bonds is 8. The second-order valence-electron chi connectivity index (χ2n) is 8.74. The normalized spacial score (nSPS) is 12.6. The average Bonchev–Trinajstić information content (AvgIpc) is 3.01. The van der Waals surface area contributed by atoms with E-state index in [1.54, 1.807) is 24.8 Å². The molecule has 3 heterocycles. The Morgan fingerprint density at radius 2 is 1.00 bits per heavy atom. The van der Waals surface area contributed by atoms with Gasteiger partial charge in [-0.2, -0.15) is 0 Å². The number of allylic oxidation sites excluding steroid dienone is 4.